The summed E-state index contributed by atoms with van der Waals surface area (Å²) >= 11 is 1.68. The number of hydrogen-bond acceptors (Lipinski definition) is 3. The van der Waals surface area contributed by atoms with Crippen molar-refractivity contribution in [1.82, 2.24) is 0 Å². The number of benzene rings is 2. The Hall–Kier alpha value is -2.25. The van der Waals surface area contributed by atoms with Crippen LogP contribution in [0.15, 0.2) is 53.4 Å². The number of thioether (sulfide) groups is 1. The highest BCUT2D eigenvalue weighted by Crippen LogP contribution is 2.14. The molecule has 3 nitrogen and oxygen atoms in total. The van der Waals surface area contributed by atoms with Gasteiger partial charge in [0, 0.05) is 28.2 Å². The molecule has 0 atom stereocenters. The molecule has 0 aliphatic carbocycles. The topological polar surface area (TPSA) is 43.1 Å². The van der Waals surface area contributed by atoms with Crippen LogP contribution < -0.4 is 0 Å². The lowest BCUT2D eigenvalue weighted by molar-refractivity contribution is -0.384. The Balaban J connectivity index is 2.16. The minimum absolute atomic E-state index is 0.0786. The zero-order chi connectivity index (χ0) is 13.7. The van der Waals surface area contributed by atoms with E-state index in [1.807, 2.05) is 30.5 Å². The fraction of sp³-hybridized carbons (Fsp3) is 0.0667. The van der Waals surface area contributed by atoms with Crippen molar-refractivity contribution >= 4 is 17.4 Å². The maximum absolute atomic E-state index is 10.5. The van der Waals surface area contributed by atoms with Crippen molar-refractivity contribution < 1.29 is 4.92 Å². The first-order valence-corrected chi connectivity index (χ1v) is 6.82. The van der Waals surface area contributed by atoms with E-state index in [9.17, 15) is 10.1 Å². The highest BCUT2D eigenvalue weighted by atomic mass is 32.2. The van der Waals surface area contributed by atoms with Crippen molar-refractivity contribution in [3.8, 4) is 11.8 Å². The van der Waals surface area contributed by atoms with Gasteiger partial charge in [-0.2, -0.15) is 0 Å². The summed E-state index contributed by atoms with van der Waals surface area (Å²) < 4.78 is 0. The van der Waals surface area contributed by atoms with E-state index in [0.29, 0.717) is 0 Å². The van der Waals surface area contributed by atoms with Crippen LogP contribution in [0.5, 0.6) is 0 Å². The monoisotopic (exact) mass is 269 g/mol. The van der Waals surface area contributed by atoms with Gasteiger partial charge in [0.1, 0.15) is 0 Å². The molecule has 0 unspecified atom stereocenters. The number of nitro benzene ring substituents is 1. The predicted molar refractivity (Wildman–Crippen MR) is 77.3 cm³/mol. The van der Waals surface area contributed by atoms with E-state index >= 15 is 0 Å². The molecule has 2 aromatic rings. The van der Waals surface area contributed by atoms with Crippen molar-refractivity contribution in [3.63, 3.8) is 0 Å². The molecule has 0 aliphatic rings. The van der Waals surface area contributed by atoms with Crippen molar-refractivity contribution in [2.24, 2.45) is 0 Å². The first kappa shape index (κ1) is 13.2. The molecule has 2 rings (SSSR count). The Bertz CT molecular complexity index is 637. The molecule has 0 N–H and O–H groups in total. The van der Waals surface area contributed by atoms with Gasteiger partial charge in [-0.1, -0.05) is 11.8 Å². The van der Waals surface area contributed by atoms with E-state index in [-0.39, 0.29) is 5.69 Å². The van der Waals surface area contributed by atoms with Crippen LogP contribution in [-0.4, -0.2) is 11.2 Å². The molecule has 0 amide bonds. The Kier molecular flexibility index (Phi) is 4.22. The molecular formula is C15H11NO2S. The third-order valence-electron chi connectivity index (χ3n) is 2.52. The predicted octanol–water partition coefficient (Wildman–Crippen LogP) is 3.72. The molecule has 4 heteroatoms. The number of nitro groups is 1. The van der Waals surface area contributed by atoms with Gasteiger partial charge < -0.3 is 0 Å². The van der Waals surface area contributed by atoms with E-state index in [2.05, 4.69) is 11.8 Å². The lowest BCUT2D eigenvalue weighted by atomic mass is 10.2. The summed E-state index contributed by atoms with van der Waals surface area (Å²) in [6.45, 7) is 0. The largest absolute Gasteiger partial charge is 0.269 e. The summed E-state index contributed by atoms with van der Waals surface area (Å²) in [6.07, 6.45) is 2.03. The summed E-state index contributed by atoms with van der Waals surface area (Å²) in [5, 5.41) is 10.5. The quantitative estimate of drug-likeness (QED) is 0.361. The third kappa shape index (κ3) is 3.60. The summed E-state index contributed by atoms with van der Waals surface area (Å²) in [5.41, 5.74) is 1.77. The molecule has 19 heavy (non-hydrogen) atoms. The van der Waals surface area contributed by atoms with Crippen LogP contribution >= 0.6 is 11.8 Å². The van der Waals surface area contributed by atoms with E-state index in [0.717, 1.165) is 11.1 Å². The first-order chi connectivity index (χ1) is 9.19. The molecule has 0 aromatic heterocycles. The van der Waals surface area contributed by atoms with Gasteiger partial charge in [-0.25, -0.2) is 0 Å². The average Bonchev–Trinajstić information content (AvgIpc) is 2.46. The maximum atomic E-state index is 10.5. The molecule has 0 spiro atoms. The zero-order valence-electron chi connectivity index (χ0n) is 10.3. The van der Waals surface area contributed by atoms with Crippen molar-refractivity contribution in [2.45, 2.75) is 4.90 Å². The Morgan fingerprint density at radius 2 is 1.42 bits per heavy atom. The van der Waals surface area contributed by atoms with Gasteiger partial charge in [0.15, 0.2) is 0 Å². The summed E-state index contributed by atoms with van der Waals surface area (Å²) in [7, 11) is 0. The zero-order valence-corrected chi connectivity index (χ0v) is 11.1. The van der Waals surface area contributed by atoms with E-state index in [1.165, 1.54) is 17.0 Å². The fourth-order valence-electron chi connectivity index (χ4n) is 1.49. The molecule has 0 bridgehead atoms. The molecular weight excluding hydrogens is 258 g/mol. The lowest BCUT2D eigenvalue weighted by Crippen LogP contribution is -1.86. The van der Waals surface area contributed by atoms with Crippen molar-refractivity contribution in [2.75, 3.05) is 6.26 Å². The van der Waals surface area contributed by atoms with Crippen LogP contribution in [0.2, 0.25) is 0 Å². The van der Waals surface area contributed by atoms with E-state index in [4.69, 9.17) is 0 Å². The Morgan fingerprint density at radius 1 is 0.947 bits per heavy atom. The molecule has 0 saturated carbocycles. The highest BCUT2D eigenvalue weighted by molar-refractivity contribution is 7.98. The fourth-order valence-corrected chi connectivity index (χ4v) is 1.89. The molecule has 2 aromatic carbocycles. The SMILES string of the molecule is CSc1ccc(C#Cc2ccc([N+](=O)[O-])cc2)cc1. The van der Waals surface area contributed by atoms with Crippen molar-refractivity contribution in [3.05, 3.63) is 69.8 Å². The van der Waals surface area contributed by atoms with Crippen LogP contribution in [0.3, 0.4) is 0 Å². The number of hydrogen-bond donors (Lipinski definition) is 0. The normalized spacial score (nSPS) is 9.53. The summed E-state index contributed by atoms with van der Waals surface area (Å²) in [5.74, 6) is 6.02. The van der Waals surface area contributed by atoms with Crippen molar-refractivity contribution in [1.29, 1.82) is 0 Å². The minimum Gasteiger partial charge on any atom is -0.258 e. The number of non-ortho nitro benzene ring substituents is 1. The van der Waals surface area contributed by atoms with Gasteiger partial charge >= 0.3 is 0 Å². The van der Waals surface area contributed by atoms with Crippen LogP contribution in [0.1, 0.15) is 11.1 Å². The average molecular weight is 269 g/mol. The molecule has 0 radical (unpaired) electrons. The van der Waals surface area contributed by atoms with Crippen LogP contribution in [-0.2, 0) is 0 Å². The van der Waals surface area contributed by atoms with Crippen LogP contribution in [0.4, 0.5) is 5.69 Å². The minimum atomic E-state index is -0.418. The Morgan fingerprint density at radius 3 is 1.84 bits per heavy atom. The van der Waals surface area contributed by atoms with Gasteiger partial charge in [0.05, 0.1) is 4.92 Å². The third-order valence-corrected chi connectivity index (χ3v) is 3.26. The number of nitrogens with zero attached hydrogens (tertiary/aromatic N) is 1. The second-order valence-electron chi connectivity index (χ2n) is 3.78. The van der Waals surface area contributed by atoms with Crippen LogP contribution in [0, 0.1) is 22.0 Å². The van der Waals surface area contributed by atoms with E-state index < -0.39 is 4.92 Å². The van der Waals surface area contributed by atoms with Gasteiger partial charge in [-0.15, -0.1) is 11.8 Å². The molecule has 0 fully saturated rings. The van der Waals surface area contributed by atoms with Gasteiger partial charge in [-0.05, 0) is 42.7 Å². The Labute approximate surface area is 115 Å². The maximum Gasteiger partial charge on any atom is 0.269 e. The van der Waals surface area contributed by atoms with Gasteiger partial charge in [0.2, 0.25) is 0 Å². The summed E-state index contributed by atoms with van der Waals surface area (Å²) in [4.78, 5) is 11.3. The lowest BCUT2D eigenvalue weighted by Gasteiger charge is -1.95. The molecule has 0 heterocycles. The standard InChI is InChI=1S/C15H11NO2S/c1-19-15-10-6-13(7-11-15)3-2-12-4-8-14(9-5-12)16(17)18/h4-11H,1H3. The first-order valence-electron chi connectivity index (χ1n) is 5.59. The number of rotatable bonds is 2. The smallest absolute Gasteiger partial charge is 0.258 e. The van der Waals surface area contributed by atoms with Crippen LogP contribution in [0.25, 0.3) is 0 Å². The molecule has 0 aliphatic heterocycles. The highest BCUT2D eigenvalue weighted by Gasteiger charge is 2.02. The van der Waals surface area contributed by atoms with Gasteiger partial charge in [-0.3, -0.25) is 10.1 Å². The second-order valence-corrected chi connectivity index (χ2v) is 4.66. The second kappa shape index (κ2) is 6.07. The van der Waals surface area contributed by atoms with E-state index in [1.54, 1.807) is 23.9 Å². The molecule has 94 valence electrons. The summed E-state index contributed by atoms with van der Waals surface area (Å²) in [6, 6.07) is 14.2. The molecule has 0 saturated heterocycles. The van der Waals surface area contributed by atoms with Gasteiger partial charge in [0.25, 0.3) is 5.69 Å².